The standard InChI is InChI=1S/C9H21NO2S/c1-4-9(7-10)5-6-13(11,12)8(2)3/h8-9H,4-7,10H2,1-3H3. The Morgan fingerprint density at radius 1 is 1.31 bits per heavy atom. The van der Waals surface area contributed by atoms with Gasteiger partial charge >= 0.3 is 0 Å². The Kier molecular flexibility index (Phi) is 5.56. The molecule has 0 fully saturated rings. The molecule has 4 heteroatoms. The lowest BCUT2D eigenvalue weighted by Gasteiger charge is -2.13. The van der Waals surface area contributed by atoms with Gasteiger partial charge in [0.25, 0.3) is 0 Å². The quantitative estimate of drug-likeness (QED) is 0.711. The van der Waals surface area contributed by atoms with E-state index in [-0.39, 0.29) is 11.0 Å². The third-order valence-electron chi connectivity index (χ3n) is 2.44. The lowest BCUT2D eigenvalue weighted by Crippen LogP contribution is -2.22. The number of hydrogen-bond donors (Lipinski definition) is 1. The molecule has 0 aromatic heterocycles. The minimum absolute atomic E-state index is 0.261. The summed E-state index contributed by atoms with van der Waals surface area (Å²) in [5.41, 5.74) is 5.49. The number of sulfone groups is 1. The van der Waals surface area contributed by atoms with Crippen LogP contribution < -0.4 is 5.73 Å². The Morgan fingerprint density at radius 2 is 1.85 bits per heavy atom. The molecule has 0 bridgehead atoms. The minimum atomic E-state index is -2.87. The normalized spacial score (nSPS) is 14.8. The van der Waals surface area contributed by atoms with E-state index >= 15 is 0 Å². The molecule has 0 rings (SSSR count). The van der Waals surface area contributed by atoms with Crippen molar-refractivity contribution in [3.05, 3.63) is 0 Å². The maximum absolute atomic E-state index is 11.4. The molecule has 0 aromatic carbocycles. The largest absolute Gasteiger partial charge is 0.330 e. The topological polar surface area (TPSA) is 60.2 Å². The summed E-state index contributed by atoms with van der Waals surface area (Å²) in [5.74, 6) is 0.633. The maximum Gasteiger partial charge on any atom is 0.152 e. The Morgan fingerprint density at radius 3 is 2.15 bits per heavy atom. The van der Waals surface area contributed by atoms with E-state index in [0.29, 0.717) is 18.9 Å². The molecule has 0 amide bonds. The van der Waals surface area contributed by atoms with E-state index in [9.17, 15) is 8.42 Å². The molecule has 3 nitrogen and oxygen atoms in total. The molecule has 1 unspecified atom stereocenters. The van der Waals surface area contributed by atoms with Crippen molar-refractivity contribution < 1.29 is 8.42 Å². The van der Waals surface area contributed by atoms with Crippen molar-refractivity contribution in [2.75, 3.05) is 12.3 Å². The summed E-state index contributed by atoms with van der Waals surface area (Å²) < 4.78 is 22.9. The summed E-state index contributed by atoms with van der Waals surface area (Å²) in [6.45, 7) is 6.07. The summed E-state index contributed by atoms with van der Waals surface area (Å²) in [6.07, 6.45) is 1.66. The van der Waals surface area contributed by atoms with Gasteiger partial charge in [0, 0.05) is 0 Å². The molecule has 0 aliphatic heterocycles. The van der Waals surface area contributed by atoms with Crippen LogP contribution in [0.2, 0.25) is 0 Å². The van der Waals surface area contributed by atoms with Crippen molar-refractivity contribution in [1.82, 2.24) is 0 Å². The Labute approximate surface area is 81.6 Å². The van der Waals surface area contributed by atoms with Crippen molar-refractivity contribution >= 4 is 9.84 Å². The fourth-order valence-corrected chi connectivity index (χ4v) is 2.19. The van der Waals surface area contributed by atoms with Gasteiger partial charge in [0.2, 0.25) is 0 Å². The summed E-state index contributed by atoms with van der Waals surface area (Å²) in [4.78, 5) is 0. The van der Waals surface area contributed by atoms with E-state index in [1.807, 2.05) is 6.92 Å². The van der Waals surface area contributed by atoms with Crippen LogP contribution in [-0.4, -0.2) is 26.0 Å². The highest BCUT2D eigenvalue weighted by atomic mass is 32.2. The molecule has 0 aliphatic rings. The van der Waals surface area contributed by atoms with E-state index in [0.717, 1.165) is 6.42 Å². The number of nitrogens with two attached hydrogens (primary N) is 1. The third-order valence-corrected chi connectivity index (χ3v) is 4.68. The molecule has 0 aromatic rings. The van der Waals surface area contributed by atoms with Crippen LogP contribution in [-0.2, 0) is 9.84 Å². The second-order valence-corrected chi connectivity index (χ2v) is 6.39. The molecule has 0 radical (unpaired) electrons. The first-order valence-corrected chi connectivity index (χ1v) is 6.57. The van der Waals surface area contributed by atoms with Crippen LogP contribution in [0, 0.1) is 5.92 Å². The van der Waals surface area contributed by atoms with Gasteiger partial charge in [-0.1, -0.05) is 13.3 Å². The SMILES string of the molecule is CCC(CN)CCS(=O)(=O)C(C)C. The predicted octanol–water partition coefficient (Wildman–Crippen LogP) is 1.18. The van der Waals surface area contributed by atoms with Gasteiger partial charge in [0.15, 0.2) is 9.84 Å². The van der Waals surface area contributed by atoms with Gasteiger partial charge in [-0.2, -0.15) is 0 Å². The lowest BCUT2D eigenvalue weighted by molar-refractivity contribution is 0.498. The van der Waals surface area contributed by atoms with Crippen LogP contribution in [0.5, 0.6) is 0 Å². The molecule has 1 atom stereocenters. The second-order valence-electron chi connectivity index (χ2n) is 3.71. The predicted molar refractivity (Wildman–Crippen MR) is 56.4 cm³/mol. The monoisotopic (exact) mass is 207 g/mol. The fraction of sp³-hybridized carbons (Fsp3) is 1.00. The Hall–Kier alpha value is -0.0900. The molecular weight excluding hydrogens is 186 g/mol. The average molecular weight is 207 g/mol. The summed E-state index contributed by atoms with van der Waals surface area (Å²) >= 11 is 0. The third kappa shape index (κ3) is 4.62. The zero-order valence-corrected chi connectivity index (χ0v) is 9.60. The Bertz CT molecular complexity index is 218. The smallest absolute Gasteiger partial charge is 0.152 e. The van der Waals surface area contributed by atoms with E-state index in [4.69, 9.17) is 5.73 Å². The maximum atomic E-state index is 11.4. The fourth-order valence-electron chi connectivity index (χ4n) is 1.06. The van der Waals surface area contributed by atoms with Crippen LogP contribution in [0.3, 0.4) is 0 Å². The van der Waals surface area contributed by atoms with E-state index < -0.39 is 9.84 Å². The first-order valence-electron chi connectivity index (χ1n) is 4.85. The molecule has 13 heavy (non-hydrogen) atoms. The number of rotatable bonds is 6. The van der Waals surface area contributed by atoms with Crippen molar-refractivity contribution in [3.8, 4) is 0 Å². The molecule has 0 spiro atoms. The first-order chi connectivity index (χ1) is 5.94. The van der Waals surface area contributed by atoms with E-state index in [1.54, 1.807) is 13.8 Å². The van der Waals surface area contributed by atoms with Gasteiger partial charge in [0.1, 0.15) is 0 Å². The highest BCUT2D eigenvalue weighted by Crippen LogP contribution is 2.10. The molecule has 80 valence electrons. The zero-order valence-electron chi connectivity index (χ0n) is 8.79. The van der Waals surface area contributed by atoms with Crippen molar-refractivity contribution in [1.29, 1.82) is 0 Å². The van der Waals surface area contributed by atoms with Crippen molar-refractivity contribution in [2.24, 2.45) is 11.7 Å². The van der Waals surface area contributed by atoms with Gasteiger partial charge in [0.05, 0.1) is 11.0 Å². The van der Waals surface area contributed by atoms with Crippen LogP contribution in [0.4, 0.5) is 0 Å². The van der Waals surface area contributed by atoms with Crippen LogP contribution in [0.15, 0.2) is 0 Å². The molecular formula is C9H21NO2S. The van der Waals surface area contributed by atoms with Crippen LogP contribution >= 0.6 is 0 Å². The molecule has 2 N–H and O–H groups in total. The molecule has 0 saturated heterocycles. The van der Waals surface area contributed by atoms with Gasteiger partial charge in [-0.05, 0) is 32.7 Å². The Balaban J connectivity index is 4.01. The highest BCUT2D eigenvalue weighted by Gasteiger charge is 2.17. The van der Waals surface area contributed by atoms with Gasteiger partial charge in [-0.25, -0.2) is 8.42 Å². The number of hydrogen-bond acceptors (Lipinski definition) is 3. The molecule has 0 heterocycles. The van der Waals surface area contributed by atoms with E-state index in [2.05, 4.69) is 0 Å². The van der Waals surface area contributed by atoms with E-state index in [1.165, 1.54) is 0 Å². The van der Waals surface area contributed by atoms with Crippen LogP contribution in [0.1, 0.15) is 33.6 Å². The van der Waals surface area contributed by atoms with Crippen molar-refractivity contribution in [2.45, 2.75) is 38.9 Å². The summed E-state index contributed by atoms with van der Waals surface area (Å²) in [7, 11) is -2.87. The van der Waals surface area contributed by atoms with Gasteiger partial charge < -0.3 is 5.73 Å². The zero-order chi connectivity index (χ0) is 10.5. The minimum Gasteiger partial charge on any atom is -0.330 e. The lowest BCUT2D eigenvalue weighted by atomic mass is 10.0. The summed E-state index contributed by atoms with van der Waals surface area (Å²) in [6, 6.07) is 0. The highest BCUT2D eigenvalue weighted by molar-refractivity contribution is 7.91. The average Bonchev–Trinajstić information content (AvgIpc) is 2.06. The van der Waals surface area contributed by atoms with Gasteiger partial charge in [-0.3, -0.25) is 0 Å². The van der Waals surface area contributed by atoms with Crippen molar-refractivity contribution in [3.63, 3.8) is 0 Å². The van der Waals surface area contributed by atoms with Crippen LogP contribution in [0.25, 0.3) is 0 Å². The second kappa shape index (κ2) is 5.60. The molecule has 0 aliphatic carbocycles. The first kappa shape index (κ1) is 12.9. The summed E-state index contributed by atoms with van der Waals surface area (Å²) in [5, 5.41) is -0.261. The van der Waals surface area contributed by atoms with Gasteiger partial charge in [-0.15, -0.1) is 0 Å². The molecule has 0 saturated carbocycles.